The molecule has 0 fully saturated rings. The van der Waals surface area contributed by atoms with Gasteiger partial charge in [0.05, 0.1) is 6.54 Å². The molecule has 3 rings (SSSR count). The van der Waals surface area contributed by atoms with Crippen LogP contribution in [0.15, 0.2) is 47.4 Å². The van der Waals surface area contributed by atoms with Gasteiger partial charge in [0.1, 0.15) is 17.6 Å². The molecule has 9 heteroatoms. The van der Waals surface area contributed by atoms with Crippen molar-refractivity contribution in [2.45, 2.75) is 6.54 Å². The maximum Gasteiger partial charge on any atom is 0.322 e. The van der Waals surface area contributed by atoms with E-state index in [1.165, 1.54) is 15.3 Å². The zero-order chi connectivity index (χ0) is 18.8. The fourth-order valence-electron chi connectivity index (χ4n) is 2.61. The first-order valence-corrected chi connectivity index (χ1v) is 7.94. The number of carboxylic acid groups (broad SMARTS) is 1. The van der Waals surface area contributed by atoms with Gasteiger partial charge in [-0.05, 0) is 23.8 Å². The number of rotatable bonds is 5. The fraction of sp³-hybridized carbons (Fsp3) is 0.118. The molecule has 1 amide bonds. The van der Waals surface area contributed by atoms with Gasteiger partial charge < -0.3 is 15.5 Å². The molecule has 2 aromatic heterocycles. The summed E-state index contributed by atoms with van der Waals surface area (Å²) in [6.07, 6.45) is 1.56. The predicted octanol–water partition coefficient (Wildman–Crippen LogP) is 1.32. The molecule has 0 aliphatic carbocycles. The van der Waals surface area contributed by atoms with Gasteiger partial charge >= 0.3 is 5.97 Å². The topological polar surface area (TPSA) is 113 Å². The number of hydrogen-bond acceptors (Lipinski definition) is 4. The van der Waals surface area contributed by atoms with Gasteiger partial charge in [0.2, 0.25) is 0 Å². The summed E-state index contributed by atoms with van der Waals surface area (Å²) in [7, 11) is 0. The molecule has 26 heavy (non-hydrogen) atoms. The van der Waals surface area contributed by atoms with E-state index in [2.05, 4.69) is 5.32 Å². The highest BCUT2D eigenvalue weighted by Crippen LogP contribution is 2.22. The summed E-state index contributed by atoms with van der Waals surface area (Å²) in [6, 6.07) is 10.1. The van der Waals surface area contributed by atoms with Gasteiger partial charge in [0.15, 0.2) is 5.75 Å². The maximum absolute atomic E-state index is 12.8. The monoisotopic (exact) mass is 375 g/mol. The number of halogens is 1. The molecule has 0 spiro atoms. The minimum Gasteiger partial charge on any atom is -0.505 e. The van der Waals surface area contributed by atoms with Gasteiger partial charge in [-0.15, -0.1) is 0 Å². The molecule has 134 valence electrons. The number of aromatic hydroxyl groups is 1. The Morgan fingerprint density at radius 3 is 2.58 bits per heavy atom. The standard InChI is InChI=1S/C17H14ClN3O5/c18-11-5-2-1-4-10(11)9-21-17(26)14(16(25)19-8-13(22)23)15(24)12-6-3-7-20(12)21/h1-7,24H,8-9H2,(H,19,25)(H,22,23). The number of hydrogen-bond donors (Lipinski definition) is 3. The number of aliphatic carboxylic acids is 1. The van der Waals surface area contributed by atoms with Crippen LogP contribution in [0, 0.1) is 0 Å². The van der Waals surface area contributed by atoms with E-state index in [0.717, 1.165) is 0 Å². The van der Waals surface area contributed by atoms with E-state index in [0.29, 0.717) is 10.6 Å². The highest BCUT2D eigenvalue weighted by molar-refractivity contribution is 6.31. The molecule has 0 atom stereocenters. The molecule has 0 saturated carbocycles. The van der Waals surface area contributed by atoms with E-state index in [9.17, 15) is 19.5 Å². The summed E-state index contributed by atoms with van der Waals surface area (Å²) < 4.78 is 2.65. The number of nitrogens with one attached hydrogen (secondary N) is 1. The normalized spacial score (nSPS) is 10.8. The molecule has 0 aliphatic rings. The molecule has 8 nitrogen and oxygen atoms in total. The molecule has 3 N–H and O–H groups in total. The maximum atomic E-state index is 12.8. The Balaban J connectivity index is 2.15. The fourth-order valence-corrected chi connectivity index (χ4v) is 2.81. The van der Waals surface area contributed by atoms with Crippen molar-refractivity contribution in [1.29, 1.82) is 0 Å². The zero-order valence-electron chi connectivity index (χ0n) is 13.3. The number of aromatic nitrogens is 2. The number of nitrogens with zero attached hydrogens (tertiary/aromatic N) is 2. The van der Waals surface area contributed by atoms with E-state index in [1.807, 2.05) is 0 Å². The molecule has 0 radical (unpaired) electrons. The lowest BCUT2D eigenvalue weighted by molar-refractivity contribution is -0.135. The van der Waals surface area contributed by atoms with Crippen molar-refractivity contribution < 1.29 is 19.8 Å². The van der Waals surface area contributed by atoms with Gasteiger partial charge in [0, 0.05) is 11.2 Å². The molecule has 2 heterocycles. The molecule has 0 unspecified atom stereocenters. The second-order valence-electron chi connectivity index (χ2n) is 5.49. The number of carbonyl (C=O) groups is 2. The zero-order valence-corrected chi connectivity index (χ0v) is 14.1. The lowest BCUT2D eigenvalue weighted by Gasteiger charge is -2.15. The van der Waals surface area contributed by atoms with Crippen LogP contribution in [-0.4, -0.2) is 37.8 Å². The van der Waals surface area contributed by atoms with E-state index in [1.54, 1.807) is 36.5 Å². The summed E-state index contributed by atoms with van der Waals surface area (Å²) in [4.78, 5) is 35.7. The molecule has 1 aromatic carbocycles. The van der Waals surface area contributed by atoms with Gasteiger partial charge in [-0.2, -0.15) is 0 Å². The summed E-state index contributed by atoms with van der Waals surface area (Å²) in [5.41, 5.74) is -0.413. The van der Waals surface area contributed by atoms with Crippen molar-refractivity contribution in [3.8, 4) is 5.75 Å². The van der Waals surface area contributed by atoms with Crippen molar-refractivity contribution in [3.63, 3.8) is 0 Å². The van der Waals surface area contributed by atoms with Crippen LogP contribution in [-0.2, 0) is 11.3 Å². The third-order valence-electron chi connectivity index (χ3n) is 3.82. The van der Waals surface area contributed by atoms with Crippen LogP contribution in [0.5, 0.6) is 5.75 Å². The van der Waals surface area contributed by atoms with Gasteiger partial charge in [0.25, 0.3) is 11.5 Å². The average Bonchev–Trinajstić information content (AvgIpc) is 3.08. The first kappa shape index (κ1) is 17.6. The number of carbonyl (C=O) groups excluding carboxylic acids is 1. The highest BCUT2D eigenvalue weighted by Gasteiger charge is 2.23. The minimum absolute atomic E-state index is 0.0587. The molecule has 3 aromatic rings. The largest absolute Gasteiger partial charge is 0.505 e. The van der Waals surface area contributed by atoms with E-state index < -0.39 is 35.3 Å². The van der Waals surface area contributed by atoms with Crippen LogP contribution in [0.25, 0.3) is 5.52 Å². The molecule has 0 bridgehead atoms. The third-order valence-corrected chi connectivity index (χ3v) is 4.19. The smallest absolute Gasteiger partial charge is 0.322 e. The molecule has 0 saturated heterocycles. The Bertz CT molecular complexity index is 1070. The van der Waals surface area contributed by atoms with Crippen LogP contribution >= 0.6 is 11.6 Å². The summed E-state index contributed by atoms with van der Waals surface area (Å²) >= 11 is 6.15. The van der Waals surface area contributed by atoms with Crippen LogP contribution in [0.1, 0.15) is 15.9 Å². The lowest BCUT2D eigenvalue weighted by atomic mass is 10.2. The first-order valence-electron chi connectivity index (χ1n) is 7.56. The van der Waals surface area contributed by atoms with Crippen LogP contribution in [0.4, 0.5) is 0 Å². The summed E-state index contributed by atoms with van der Waals surface area (Å²) in [5.74, 6) is -2.75. The SMILES string of the molecule is O=C(O)CNC(=O)c1c(O)c2cccn2n(Cc2ccccc2Cl)c1=O. The first-order chi connectivity index (χ1) is 12.4. The third kappa shape index (κ3) is 3.14. The van der Waals surface area contributed by atoms with Gasteiger partial charge in [-0.25, -0.2) is 4.68 Å². The Kier molecular flexibility index (Phi) is 4.68. The van der Waals surface area contributed by atoms with Crippen molar-refractivity contribution >= 4 is 29.0 Å². The van der Waals surface area contributed by atoms with E-state index >= 15 is 0 Å². The second-order valence-corrected chi connectivity index (χ2v) is 5.90. The Labute approximate surface area is 151 Å². The lowest BCUT2D eigenvalue weighted by Crippen LogP contribution is -2.37. The van der Waals surface area contributed by atoms with Crippen molar-refractivity contribution in [2.75, 3.05) is 6.54 Å². The summed E-state index contributed by atoms with van der Waals surface area (Å²) in [5, 5.41) is 21.6. The second kappa shape index (κ2) is 6.93. The molecule has 0 aliphatic heterocycles. The van der Waals surface area contributed by atoms with Crippen molar-refractivity contribution in [3.05, 3.63) is 69.1 Å². The Hall–Kier alpha value is -3.26. The number of fused-ring (bicyclic) bond motifs is 1. The highest BCUT2D eigenvalue weighted by atomic mass is 35.5. The Morgan fingerprint density at radius 2 is 1.88 bits per heavy atom. The van der Waals surface area contributed by atoms with Gasteiger partial charge in [-0.3, -0.25) is 18.9 Å². The Morgan fingerprint density at radius 1 is 1.15 bits per heavy atom. The molecular weight excluding hydrogens is 362 g/mol. The number of carboxylic acids is 1. The van der Waals surface area contributed by atoms with Crippen LogP contribution < -0.4 is 10.9 Å². The van der Waals surface area contributed by atoms with Crippen LogP contribution in [0.2, 0.25) is 5.02 Å². The predicted molar refractivity (Wildman–Crippen MR) is 93.8 cm³/mol. The van der Waals surface area contributed by atoms with Crippen molar-refractivity contribution in [1.82, 2.24) is 14.5 Å². The van der Waals surface area contributed by atoms with Gasteiger partial charge in [-0.1, -0.05) is 29.8 Å². The summed E-state index contributed by atoms with van der Waals surface area (Å²) in [6.45, 7) is -0.613. The number of amides is 1. The van der Waals surface area contributed by atoms with E-state index in [4.69, 9.17) is 16.7 Å². The molecular formula is C17H14ClN3O5. The average molecular weight is 376 g/mol. The van der Waals surface area contributed by atoms with E-state index in [-0.39, 0.29) is 12.1 Å². The quantitative estimate of drug-likeness (QED) is 0.622. The number of benzene rings is 1. The van der Waals surface area contributed by atoms with Crippen LogP contribution in [0.3, 0.4) is 0 Å². The van der Waals surface area contributed by atoms with Crippen molar-refractivity contribution in [2.24, 2.45) is 0 Å². The minimum atomic E-state index is -1.27.